The Kier molecular flexibility index (Phi) is 6.76. The van der Waals surface area contributed by atoms with Crippen molar-refractivity contribution in [2.75, 3.05) is 20.2 Å². The van der Waals surface area contributed by atoms with Gasteiger partial charge in [0.25, 0.3) is 0 Å². The Hall–Kier alpha value is -1.19. The van der Waals surface area contributed by atoms with Crippen molar-refractivity contribution >= 4 is 29.9 Å². The maximum absolute atomic E-state index is 12.5. The Bertz CT molecular complexity index is 518. The van der Waals surface area contributed by atoms with Crippen LogP contribution in [0.25, 0.3) is 0 Å². The van der Waals surface area contributed by atoms with Crippen LogP contribution >= 0.6 is 24.0 Å². The predicted octanol–water partition coefficient (Wildman–Crippen LogP) is 3.11. The van der Waals surface area contributed by atoms with Crippen LogP contribution in [-0.2, 0) is 6.18 Å². The molecular weight excluding hydrogens is 410 g/mol. The van der Waals surface area contributed by atoms with Gasteiger partial charge in [0, 0.05) is 13.1 Å². The molecule has 0 bridgehead atoms. The number of alkyl halides is 3. The molecule has 0 spiro atoms. The van der Waals surface area contributed by atoms with E-state index in [-0.39, 0.29) is 36.3 Å². The van der Waals surface area contributed by atoms with Gasteiger partial charge in [-0.2, -0.15) is 13.2 Å². The molecule has 0 aromatic heterocycles. The highest BCUT2D eigenvalue weighted by Crippen LogP contribution is 2.31. The molecule has 0 heterocycles. The molecule has 124 valence electrons. The summed E-state index contributed by atoms with van der Waals surface area (Å²) in [5.41, 5.74) is 5.06. The minimum atomic E-state index is -4.37. The number of halogens is 4. The minimum absolute atomic E-state index is 0. The minimum Gasteiger partial charge on any atom is -0.492 e. The van der Waals surface area contributed by atoms with Gasteiger partial charge in [0.1, 0.15) is 12.4 Å². The average Bonchev–Trinajstić information content (AvgIpc) is 3.26. The number of ether oxygens (including phenoxy) is 1. The molecule has 1 aliphatic rings. The molecule has 0 amide bonds. The van der Waals surface area contributed by atoms with Crippen molar-refractivity contribution in [3.05, 3.63) is 29.8 Å². The van der Waals surface area contributed by atoms with Crippen molar-refractivity contribution in [1.82, 2.24) is 4.90 Å². The van der Waals surface area contributed by atoms with Gasteiger partial charge in [-0.1, -0.05) is 6.07 Å². The van der Waals surface area contributed by atoms with Crippen LogP contribution in [0.3, 0.4) is 0 Å². The van der Waals surface area contributed by atoms with Crippen molar-refractivity contribution in [3.63, 3.8) is 0 Å². The van der Waals surface area contributed by atoms with Crippen LogP contribution in [-0.4, -0.2) is 37.1 Å². The molecule has 2 N–H and O–H groups in total. The van der Waals surface area contributed by atoms with Crippen LogP contribution in [0, 0.1) is 0 Å². The van der Waals surface area contributed by atoms with E-state index in [4.69, 9.17) is 10.5 Å². The molecule has 4 nitrogen and oxygen atoms in total. The van der Waals surface area contributed by atoms with Crippen LogP contribution in [0.15, 0.2) is 29.3 Å². The summed E-state index contributed by atoms with van der Waals surface area (Å²) in [6, 6.07) is 5.25. The van der Waals surface area contributed by atoms with Gasteiger partial charge in [0.05, 0.1) is 12.1 Å². The third-order valence-corrected chi connectivity index (χ3v) is 3.25. The molecule has 8 heteroatoms. The first-order valence-electron chi connectivity index (χ1n) is 6.71. The van der Waals surface area contributed by atoms with Crippen LogP contribution in [0.5, 0.6) is 5.75 Å². The van der Waals surface area contributed by atoms with E-state index < -0.39 is 11.7 Å². The highest BCUT2D eigenvalue weighted by Gasteiger charge is 2.30. The summed E-state index contributed by atoms with van der Waals surface area (Å²) < 4.78 is 42.9. The number of guanidine groups is 1. The van der Waals surface area contributed by atoms with E-state index in [1.165, 1.54) is 12.1 Å². The van der Waals surface area contributed by atoms with Crippen molar-refractivity contribution in [2.24, 2.45) is 10.7 Å². The number of rotatable bonds is 5. The van der Waals surface area contributed by atoms with Crippen molar-refractivity contribution in [2.45, 2.75) is 25.1 Å². The van der Waals surface area contributed by atoms with Crippen molar-refractivity contribution in [1.29, 1.82) is 0 Å². The van der Waals surface area contributed by atoms with E-state index in [1.54, 1.807) is 0 Å². The smallest absolute Gasteiger partial charge is 0.416 e. The maximum Gasteiger partial charge on any atom is 0.416 e. The van der Waals surface area contributed by atoms with Gasteiger partial charge in [-0.3, -0.25) is 0 Å². The molecule has 0 atom stereocenters. The number of hydrogen-bond donors (Lipinski definition) is 1. The average molecular weight is 429 g/mol. The Balaban J connectivity index is 0.00000242. The molecule has 1 aromatic rings. The molecule has 0 saturated heterocycles. The first-order chi connectivity index (χ1) is 9.88. The fourth-order valence-electron chi connectivity index (χ4n) is 1.85. The van der Waals surface area contributed by atoms with Gasteiger partial charge >= 0.3 is 6.18 Å². The summed E-state index contributed by atoms with van der Waals surface area (Å²) in [6.07, 6.45) is -2.13. The molecule has 22 heavy (non-hydrogen) atoms. The van der Waals surface area contributed by atoms with Crippen LogP contribution < -0.4 is 10.5 Å². The second-order valence-electron chi connectivity index (χ2n) is 4.96. The SMILES string of the molecule is CN(C(N)=NCCOc1cccc(C(F)(F)F)c1)C1CC1.I. The predicted molar refractivity (Wildman–Crippen MR) is 89.6 cm³/mol. The van der Waals surface area contributed by atoms with Gasteiger partial charge in [-0.05, 0) is 31.0 Å². The van der Waals surface area contributed by atoms with Crippen molar-refractivity contribution in [3.8, 4) is 5.75 Å². The van der Waals surface area contributed by atoms with E-state index in [0.717, 1.165) is 25.0 Å². The van der Waals surface area contributed by atoms with E-state index in [1.807, 2.05) is 11.9 Å². The highest BCUT2D eigenvalue weighted by atomic mass is 127. The fraction of sp³-hybridized carbons (Fsp3) is 0.500. The molecule has 1 aliphatic carbocycles. The standard InChI is InChI=1S/C14H18F3N3O.HI/c1-20(11-5-6-11)13(18)19-7-8-21-12-4-2-3-10(9-12)14(15,16)17;/h2-4,9,11H,5-8H2,1H3,(H2,18,19);1H. The lowest BCUT2D eigenvalue weighted by molar-refractivity contribution is -0.137. The first kappa shape index (κ1) is 18.9. The molecule has 1 saturated carbocycles. The molecule has 1 fully saturated rings. The van der Waals surface area contributed by atoms with Gasteiger partial charge in [-0.15, -0.1) is 24.0 Å². The Labute approximate surface area is 144 Å². The van der Waals surface area contributed by atoms with Gasteiger partial charge in [0.2, 0.25) is 0 Å². The maximum atomic E-state index is 12.5. The van der Waals surface area contributed by atoms with E-state index in [0.29, 0.717) is 18.5 Å². The van der Waals surface area contributed by atoms with Gasteiger partial charge in [-0.25, -0.2) is 4.99 Å². The monoisotopic (exact) mass is 429 g/mol. The lowest BCUT2D eigenvalue weighted by Gasteiger charge is -2.16. The Morgan fingerprint density at radius 2 is 2.09 bits per heavy atom. The zero-order chi connectivity index (χ0) is 15.5. The molecule has 0 unspecified atom stereocenters. The number of aliphatic imine (C=N–C) groups is 1. The largest absolute Gasteiger partial charge is 0.492 e. The van der Waals surface area contributed by atoms with Gasteiger partial charge in [0.15, 0.2) is 5.96 Å². The summed E-state index contributed by atoms with van der Waals surface area (Å²) in [5.74, 6) is 0.610. The zero-order valence-electron chi connectivity index (χ0n) is 12.1. The fourth-order valence-corrected chi connectivity index (χ4v) is 1.85. The number of nitrogens with zero attached hydrogens (tertiary/aromatic N) is 2. The van der Waals surface area contributed by atoms with E-state index in [9.17, 15) is 13.2 Å². The highest BCUT2D eigenvalue weighted by molar-refractivity contribution is 14.0. The first-order valence-corrected chi connectivity index (χ1v) is 6.71. The lowest BCUT2D eigenvalue weighted by Crippen LogP contribution is -2.36. The van der Waals surface area contributed by atoms with Crippen LogP contribution in [0.4, 0.5) is 13.2 Å². The van der Waals surface area contributed by atoms with Crippen LogP contribution in [0.2, 0.25) is 0 Å². The quantitative estimate of drug-likeness (QED) is 0.339. The number of nitrogens with two attached hydrogens (primary N) is 1. The van der Waals surface area contributed by atoms with Gasteiger partial charge < -0.3 is 15.4 Å². The summed E-state index contributed by atoms with van der Waals surface area (Å²) in [7, 11) is 1.88. The van der Waals surface area contributed by atoms with E-state index in [2.05, 4.69) is 4.99 Å². The normalized spacial score (nSPS) is 15.2. The second kappa shape index (κ2) is 7.89. The topological polar surface area (TPSA) is 50.8 Å². The summed E-state index contributed by atoms with van der Waals surface area (Å²) >= 11 is 0. The summed E-state index contributed by atoms with van der Waals surface area (Å²) in [6.45, 7) is 0.486. The summed E-state index contributed by atoms with van der Waals surface area (Å²) in [5, 5.41) is 0. The third-order valence-electron chi connectivity index (χ3n) is 3.25. The molecule has 0 aliphatic heterocycles. The van der Waals surface area contributed by atoms with Crippen LogP contribution in [0.1, 0.15) is 18.4 Å². The Morgan fingerprint density at radius 3 is 2.68 bits per heavy atom. The molecule has 1 aromatic carbocycles. The zero-order valence-corrected chi connectivity index (χ0v) is 14.5. The second-order valence-corrected chi connectivity index (χ2v) is 4.96. The van der Waals surface area contributed by atoms with E-state index >= 15 is 0 Å². The lowest BCUT2D eigenvalue weighted by atomic mass is 10.2. The Morgan fingerprint density at radius 1 is 1.41 bits per heavy atom. The number of benzene rings is 1. The number of hydrogen-bond acceptors (Lipinski definition) is 2. The van der Waals surface area contributed by atoms with Crippen molar-refractivity contribution < 1.29 is 17.9 Å². The third kappa shape index (κ3) is 5.54. The molecular formula is C14H19F3IN3O. The molecule has 0 radical (unpaired) electrons. The molecule has 2 rings (SSSR count). The summed E-state index contributed by atoms with van der Waals surface area (Å²) in [4.78, 5) is 6.05.